The normalized spacial score (nSPS) is 12.7. The van der Waals surface area contributed by atoms with Crippen molar-refractivity contribution in [2.75, 3.05) is 6.54 Å². The van der Waals surface area contributed by atoms with E-state index in [0.717, 1.165) is 19.5 Å². The van der Waals surface area contributed by atoms with E-state index < -0.39 is 5.60 Å². The third-order valence-corrected chi connectivity index (χ3v) is 6.72. The Hall–Kier alpha value is -2.56. The van der Waals surface area contributed by atoms with Gasteiger partial charge in [0, 0.05) is 29.3 Å². The van der Waals surface area contributed by atoms with Crippen LogP contribution < -0.4 is 0 Å². The average molecular weight is 490 g/mol. The second-order valence-electron chi connectivity index (χ2n) is 10.2. The number of carbonyl (C=O) groups is 1. The molecule has 0 saturated heterocycles. The van der Waals surface area contributed by atoms with Crippen molar-refractivity contribution in [1.82, 2.24) is 4.90 Å². The molecule has 4 heteroatoms. The standard InChI is InChI=1S/C31H39NO2S/c1-24(2)35-29-19-13-12-18-27(29)28(22-30(33)34-31(3,4)5)32(23-26-16-10-7-11-17-26)21-20-25-14-8-6-9-15-25/h6-19,24,28H,20-23H2,1-5H3/t28-/m1/s1. The summed E-state index contributed by atoms with van der Waals surface area (Å²) < 4.78 is 5.80. The molecule has 3 aromatic carbocycles. The first-order chi connectivity index (χ1) is 16.7. The van der Waals surface area contributed by atoms with E-state index in [4.69, 9.17) is 4.74 Å². The number of thioether (sulfide) groups is 1. The van der Waals surface area contributed by atoms with Crippen LogP contribution >= 0.6 is 11.8 Å². The highest BCUT2D eigenvalue weighted by molar-refractivity contribution is 8.00. The molecular formula is C31H39NO2S. The summed E-state index contributed by atoms with van der Waals surface area (Å²) in [5, 5.41) is 0.449. The SMILES string of the molecule is CC(C)Sc1ccccc1[C@@H](CC(=O)OC(C)(C)C)N(CCc1ccccc1)Cc1ccccc1. The highest BCUT2D eigenvalue weighted by atomic mass is 32.2. The van der Waals surface area contributed by atoms with E-state index >= 15 is 0 Å². The first-order valence-corrected chi connectivity index (χ1v) is 13.4. The maximum atomic E-state index is 13.2. The van der Waals surface area contributed by atoms with Crippen molar-refractivity contribution in [3.05, 3.63) is 102 Å². The van der Waals surface area contributed by atoms with Crippen LogP contribution in [0.5, 0.6) is 0 Å². The number of benzene rings is 3. The minimum absolute atomic E-state index is 0.0868. The summed E-state index contributed by atoms with van der Waals surface area (Å²) >= 11 is 1.85. The predicted octanol–water partition coefficient (Wildman–Crippen LogP) is 7.70. The fourth-order valence-corrected chi connectivity index (χ4v) is 5.18. The maximum Gasteiger partial charge on any atom is 0.308 e. The molecule has 0 spiro atoms. The van der Waals surface area contributed by atoms with Crippen molar-refractivity contribution in [1.29, 1.82) is 0 Å². The molecule has 3 rings (SSSR count). The Morgan fingerprint density at radius 3 is 2.03 bits per heavy atom. The zero-order valence-corrected chi connectivity index (χ0v) is 22.6. The van der Waals surface area contributed by atoms with Gasteiger partial charge in [-0.05, 0) is 49.9 Å². The quantitative estimate of drug-likeness (QED) is 0.204. The zero-order valence-electron chi connectivity index (χ0n) is 21.7. The molecule has 1 atom stereocenters. The number of esters is 1. The lowest BCUT2D eigenvalue weighted by molar-refractivity contribution is -0.156. The van der Waals surface area contributed by atoms with Gasteiger partial charge in [0.2, 0.25) is 0 Å². The van der Waals surface area contributed by atoms with Gasteiger partial charge in [-0.25, -0.2) is 0 Å². The van der Waals surface area contributed by atoms with Gasteiger partial charge in [0.25, 0.3) is 0 Å². The van der Waals surface area contributed by atoms with Crippen molar-refractivity contribution in [2.45, 2.75) is 75.8 Å². The number of hydrogen-bond donors (Lipinski definition) is 0. The number of hydrogen-bond acceptors (Lipinski definition) is 4. The molecule has 0 aliphatic carbocycles. The van der Waals surface area contributed by atoms with Crippen molar-refractivity contribution in [3.8, 4) is 0 Å². The van der Waals surface area contributed by atoms with E-state index in [-0.39, 0.29) is 12.0 Å². The lowest BCUT2D eigenvalue weighted by atomic mass is 9.99. The van der Waals surface area contributed by atoms with Crippen molar-refractivity contribution in [3.63, 3.8) is 0 Å². The first kappa shape index (κ1) is 27.0. The highest BCUT2D eigenvalue weighted by Crippen LogP contribution is 2.36. The molecular weight excluding hydrogens is 450 g/mol. The van der Waals surface area contributed by atoms with Crippen LogP contribution in [0.4, 0.5) is 0 Å². The van der Waals surface area contributed by atoms with E-state index in [1.165, 1.54) is 21.6 Å². The van der Waals surface area contributed by atoms with Gasteiger partial charge in [0.05, 0.1) is 6.42 Å². The van der Waals surface area contributed by atoms with E-state index in [9.17, 15) is 4.79 Å². The largest absolute Gasteiger partial charge is 0.460 e. The predicted molar refractivity (Wildman–Crippen MR) is 148 cm³/mol. The average Bonchev–Trinajstić information content (AvgIpc) is 2.81. The summed E-state index contributed by atoms with van der Waals surface area (Å²) in [5.74, 6) is -0.162. The van der Waals surface area contributed by atoms with Crippen LogP contribution in [0, 0.1) is 0 Å². The molecule has 0 unspecified atom stereocenters. The van der Waals surface area contributed by atoms with Gasteiger partial charge in [0.1, 0.15) is 5.60 Å². The molecule has 0 saturated carbocycles. The minimum atomic E-state index is -0.512. The first-order valence-electron chi connectivity index (χ1n) is 12.5. The number of nitrogens with zero attached hydrogens (tertiary/aromatic N) is 1. The van der Waals surface area contributed by atoms with Gasteiger partial charge in [-0.15, -0.1) is 11.8 Å². The monoisotopic (exact) mass is 489 g/mol. The smallest absolute Gasteiger partial charge is 0.308 e. The molecule has 0 fully saturated rings. The Morgan fingerprint density at radius 2 is 1.43 bits per heavy atom. The molecule has 0 radical (unpaired) electrons. The Bertz CT molecular complexity index is 1040. The van der Waals surface area contributed by atoms with Crippen LogP contribution in [0.1, 0.15) is 63.8 Å². The minimum Gasteiger partial charge on any atom is -0.460 e. The lowest BCUT2D eigenvalue weighted by Crippen LogP contribution is -2.34. The van der Waals surface area contributed by atoms with E-state index in [1.54, 1.807) is 0 Å². The summed E-state index contributed by atoms with van der Waals surface area (Å²) in [4.78, 5) is 16.8. The molecule has 0 bridgehead atoms. The van der Waals surface area contributed by atoms with Gasteiger partial charge in [0.15, 0.2) is 0 Å². The van der Waals surface area contributed by atoms with E-state index in [0.29, 0.717) is 11.7 Å². The molecule has 0 amide bonds. The van der Waals surface area contributed by atoms with Crippen LogP contribution in [0.25, 0.3) is 0 Å². The van der Waals surface area contributed by atoms with Crippen molar-refractivity contribution < 1.29 is 9.53 Å². The van der Waals surface area contributed by atoms with Crippen LogP contribution in [0.3, 0.4) is 0 Å². The number of ether oxygens (including phenoxy) is 1. The Kier molecular flexibility index (Phi) is 10.00. The van der Waals surface area contributed by atoms with Crippen LogP contribution in [-0.4, -0.2) is 28.3 Å². The summed E-state index contributed by atoms with van der Waals surface area (Å²) in [6.07, 6.45) is 1.23. The van der Waals surface area contributed by atoms with Crippen molar-refractivity contribution >= 4 is 17.7 Å². The summed E-state index contributed by atoms with van der Waals surface area (Å²) in [5.41, 5.74) is 3.22. The number of carbonyl (C=O) groups excluding carboxylic acids is 1. The van der Waals surface area contributed by atoms with Gasteiger partial charge < -0.3 is 4.74 Å². The molecule has 0 aliphatic heterocycles. The van der Waals surface area contributed by atoms with Crippen molar-refractivity contribution in [2.24, 2.45) is 0 Å². The van der Waals surface area contributed by atoms with Gasteiger partial charge in [-0.1, -0.05) is 92.7 Å². The molecule has 35 heavy (non-hydrogen) atoms. The highest BCUT2D eigenvalue weighted by Gasteiger charge is 2.28. The molecule has 0 heterocycles. The second-order valence-corrected chi connectivity index (χ2v) is 11.8. The molecule has 3 aromatic rings. The summed E-state index contributed by atoms with van der Waals surface area (Å²) in [7, 11) is 0. The van der Waals surface area contributed by atoms with Gasteiger partial charge in [-0.2, -0.15) is 0 Å². The Labute approximate surface area is 215 Å². The van der Waals surface area contributed by atoms with Gasteiger partial charge in [-0.3, -0.25) is 9.69 Å². The molecule has 0 aliphatic rings. The zero-order chi connectivity index (χ0) is 25.3. The maximum absolute atomic E-state index is 13.2. The summed E-state index contributed by atoms with van der Waals surface area (Å²) in [6, 6.07) is 29.5. The summed E-state index contributed by atoms with van der Waals surface area (Å²) in [6.45, 7) is 11.8. The van der Waals surface area contributed by atoms with E-state index in [2.05, 4.69) is 97.6 Å². The number of rotatable bonds is 11. The van der Waals surface area contributed by atoms with Gasteiger partial charge >= 0.3 is 5.97 Å². The third kappa shape index (κ3) is 9.19. The second kappa shape index (κ2) is 12.9. The third-order valence-electron chi connectivity index (χ3n) is 5.62. The topological polar surface area (TPSA) is 29.5 Å². The Morgan fingerprint density at radius 1 is 0.857 bits per heavy atom. The van der Waals surface area contributed by atoms with E-state index in [1.807, 2.05) is 38.6 Å². The van der Waals surface area contributed by atoms with Crippen LogP contribution in [-0.2, 0) is 22.5 Å². The van der Waals surface area contributed by atoms with Crippen LogP contribution in [0.2, 0.25) is 0 Å². The fourth-order valence-electron chi connectivity index (χ4n) is 4.17. The molecule has 186 valence electrons. The van der Waals surface area contributed by atoms with Crippen LogP contribution in [0.15, 0.2) is 89.8 Å². The Balaban J connectivity index is 1.99. The molecule has 0 N–H and O–H groups in total. The fraction of sp³-hybridized carbons (Fsp3) is 0.387. The lowest BCUT2D eigenvalue weighted by Gasteiger charge is -2.34. The molecule has 0 aromatic heterocycles. The molecule has 3 nitrogen and oxygen atoms in total.